The van der Waals surface area contributed by atoms with Gasteiger partial charge in [-0.05, 0) is 74.1 Å². The second-order valence-electron chi connectivity index (χ2n) is 7.84. The Morgan fingerprint density at radius 2 is 1.48 bits per heavy atom. The van der Waals surface area contributed by atoms with E-state index in [0.29, 0.717) is 22.3 Å². The largest absolute Gasteiger partial charge is 0.333 e. The Labute approximate surface area is 179 Å². The van der Waals surface area contributed by atoms with Crippen LogP contribution in [0.25, 0.3) is 12.2 Å². The molecule has 1 saturated heterocycles. The van der Waals surface area contributed by atoms with Gasteiger partial charge in [0, 0.05) is 24.2 Å². The summed E-state index contributed by atoms with van der Waals surface area (Å²) in [5, 5.41) is 0. The van der Waals surface area contributed by atoms with Crippen molar-refractivity contribution in [2.24, 2.45) is 0 Å². The molecule has 1 amide bonds. The molecule has 0 atom stereocenters. The highest BCUT2D eigenvalue weighted by Crippen LogP contribution is 2.23. The SMILES string of the molecule is Cc1cc(/C=C2\CN(C(=O)CN(C)C)C/C(=C\c3ccc(F)c(F)c3)C2=O)ccc1F. The van der Waals surface area contributed by atoms with Crippen molar-refractivity contribution in [3.05, 3.63) is 81.7 Å². The predicted molar refractivity (Wildman–Crippen MR) is 114 cm³/mol. The summed E-state index contributed by atoms with van der Waals surface area (Å²) in [6.45, 7) is 1.96. The Morgan fingerprint density at radius 1 is 0.935 bits per heavy atom. The highest BCUT2D eigenvalue weighted by atomic mass is 19.2. The molecule has 7 heteroatoms. The fraction of sp³-hybridized carbons (Fsp3) is 0.250. The van der Waals surface area contributed by atoms with Gasteiger partial charge >= 0.3 is 0 Å². The minimum atomic E-state index is -1.02. The average molecular weight is 428 g/mol. The van der Waals surface area contributed by atoms with Gasteiger partial charge in [-0.2, -0.15) is 0 Å². The number of ketones is 1. The van der Waals surface area contributed by atoms with Gasteiger partial charge in [-0.15, -0.1) is 0 Å². The maximum atomic E-state index is 13.6. The van der Waals surface area contributed by atoms with E-state index < -0.39 is 11.6 Å². The van der Waals surface area contributed by atoms with Crippen molar-refractivity contribution in [1.29, 1.82) is 0 Å². The molecule has 0 aliphatic carbocycles. The normalized spacial score (nSPS) is 17.1. The molecule has 31 heavy (non-hydrogen) atoms. The second-order valence-corrected chi connectivity index (χ2v) is 7.84. The summed E-state index contributed by atoms with van der Waals surface area (Å²) in [4.78, 5) is 29.0. The smallest absolute Gasteiger partial charge is 0.237 e. The molecule has 4 nitrogen and oxygen atoms in total. The Bertz CT molecular complexity index is 1020. The predicted octanol–water partition coefficient (Wildman–Crippen LogP) is 3.85. The molecule has 0 radical (unpaired) electrons. The molecule has 0 aromatic heterocycles. The van der Waals surface area contributed by atoms with E-state index in [1.54, 1.807) is 44.1 Å². The standard InChI is InChI=1S/C24H23F3N2O2/c1-15-8-16(4-6-20(15)25)9-18-12-29(23(30)14-28(2)3)13-19(24(18)31)10-17-5-7-21(26)22(27)11-17/h4-11H,12-14H2,1-3H3/b18-9+,19-10+. The second kappa shape index (κ2) is 9.31. The van der Waals surface area contributed by atoms with Gasteiger partial charge in [0.2, 0.25) is 5.91 Å². The van der Waals surface area contributed by atoms with Gasteiger partial charge < -0.3 is 9.80 Å². The third-order valence-corrected chi connectivity index (χ3v) is 4.92. The molecule has 0 unspecified atom stereocenters. The molecule has 0 saturated carbocycles. The number of Topliss-reactive ketones (excluding diaryl/α,β-unsaturated/α-hetero) is 1. The van der Waals surface area contributed by atoms with Crippen molar-refractivity contribution in [3.8, 4) is 0 Å². The van der Waals surface area contributed by atoms with E-state index >= 15 is 0 Å². The number of likely N-dealkylation sites (N-methyl/N-ethyl adjacent to an activating group) is 1. The third-order valence-electron chi connectivity index (χ3n) is 4.92. The molecule has 2 aromatic carbocycles. The van der Waals surface area contributed by atoms with Crippen LogP contribution in [0.5, 0.6) is 0 Å². The number of benzene rings is 2. The van der Waals surface area contributed by atoms with Crippen molar-refractivity contribution >= 4 is 23.8 Å². The van der Waals surface area contributed by atoms with Crippen LogP contribution in [0.2, 0.25) is 0 Å². The maximum Gasteiger partial charge on any atom is 0.237 e. The summed E-state index contributed by atoms with van der Waals surface area (Å²) in [6.07, 6.45) is 3.09. The zero-order valence-electron chi connectivity index (χ0n) is 17.6. The number of halogens is 3. The summed E-state index contributed by atoms with van der Waals surface area (Å²) in [5.74, 6) is -2.81. The summed E-state index contributed by atoms with van der Waals surface area (Å²) in [6, 6.07) is 7.86. The minimum Gasteiger partial charge on any atom is -0.333 e. The van der Waals surface area contributed by atoms with Crippen molar-refractivity contribution in [1.82, 2.24) is 9.80 Å². The Morgan fingerprint density at radius 3 is 2.00 bits per heavy atom. The quantitative estimate of drug-likeness (QED) is 0.695. The molecule has 0 bridgehead atoms. The van der Waals surface area contributed by atoms with Crippen LogP contribution in [0, 0.1) is 24.4 Å². The number of nitrogens with zero attached hydrogens (tertiary/aromatic N) is 2. The highest BCUT2D eigenvalue weighted by Gasteiger charge is 2.29. The van der Waals surface area contributed by atoms with Gasteiger partial charge in [0.1, 0.15) is 5.82 Å². The lowest BCUT2D eigenvalue weighted by atomic mass is 9.94. The molecular formula is C24H23F3N2O2. The van der Waals surface area contributed by atoms with Crippen LogP contribution in [0.1, 0.15) is 16.7 Å². The van der Waals surface area contributed by atoms with Crippen LogP contribution in [0.3, 0.4) is 0 Å². The van der Waals surface area contributed by atoms with E-state index in [2.05, 4.69) is 0 Å². The fourth-order valence-corrected chi connectivity index (χ4v) is 3.35. The van der Waals surface area contributed by atoms with Crippen molar-refractivity contribution in [2.75, 3.05) is 33.7 Å². The number of carbonyl (C=O) groups is 2. The molecule has 162 valence electrons. The Hall–Kier alpha value is -3.19. The molecule has 1 fully saturated rings. The van der Waals surface area contributed by atoms with E-state index in [4.69, 9.17) is 0 Å². The minimum absolute atomic E-state index is 0.0598. The van der Waals surface area contributed by atoms with Crippen molar-refractivity contribution in [3.63, 3.8) is 0 Å². The van der Waals surface area contributed by atoms with Gasteiger partial charge in [-0.3, -0.25) is 9.59 Å². The molecular weight excluding hydrogens is 405 g/mol. The molecule has 1 heterocycles. The Kier molecular flexibility index (Phi) is 6.75. The van der Waals surface area contributed by atoms with E-state index in [1.807, 2.05) is 0 Å². The van der Waals surface area contributed by atoms with Crippen LogP contribution in [0.15, 0.2) is 47.5 Å². The van der Waals surface area contributed by atoms with Crippen LogP contribution in [-0.2, 0) is 9.59 Å². The zero-order valence-corrected chi connectivity index (χ0v) is 17.6. The zero-order chi connectivity index (χ0) is 22.7. The van der Waals surface area contributed by atoms with Crippen LogP contribution >= 0.6 is 0 Å². The van der Waals surface area contributed by atoms with Crippen LogP contribution in [0.4, 0.5) is 13.2 Å². The van der Waals surface area contributed by atoms with E-state index in [9.17, 15) is 22.8 Å². The first-order valence-corrected chi connectivity index (χ1v) is 9.73. The fourth-order valence-electron chi connectivity index (χ4n) is 3.35. The number of amides is 1. The van der Waals surface area contributed by atoms with Crippen molar-refractivity contribution < 1.29 is 22.8 Å². The number of carbonyl (C=O) groups excluding carboxylic acids is 2. The number of hydrogen-bond donors (Lipinski definition) is 0. The summed E-state index contributed by atoms with van der Waals surface area (Å²) in [7, 11) is 3.53. The Balaban J connectivity index is 2.01. The van der Waals surface area contributed by atoms with E-state index in [1.165, 1.54) is 23.1 Å². The first-order chi connectivity index (χ1) is 14.6. The average Bonchev–Trinajstić information content (AvgIpc) is 2.70. The number of likely N-dealkylation sites (tertiary alicyclic amines) is 1. The van der Waals surface area contributed by atoms with Gasteiger partial charge in [0.15, 0.2) is 17.4 Å². The van der Waals surface area contributed by atoms with Gasteiger partial charge in [0.25, 0.3) is 0 Å². The van der Waals surface area contributed by atoms with Crippen molar-refractivity contribution in [2.45, 2.75) is 6.92 Å². The van der Waals surface area contributed by atoms with Crippen LogP contribution < -0.4 is 0 Å². The number of hydrogen-bond acceptors (Lipinski definition) is 3. The van der Waals surface area contributed by atoms with E-state index in [0.717, 1.165) is 12.1 Å². The lowest BCUT2D eigenvalue weighted by molar-refractivity contribution is -0.131. The summed E-state index contributed by atoms with van der Waals surface area (Å²) in [5.41, 5.74) is 2.04. The molecule has 2 aromatic rings. The van der Waals surface area contributed by atoms with E-state index in [-0.39, 0.29) is 42.7 Å². The number of aryl methyl sites for hydroxylation is 1. The van der Waals surface area contributed by atoms with Gasteiger partial charge in [-0.1, -0.05) is 12.1 Å². The highest BCUT2D eigenvalue weighted by molar-refractivity contribution is 6.15. The molecule has 0 spiro atoms. The molecule has 3 rings (SSSR count). The monoisotopic (exact) mass is 428 g/mol. The first-order valence-electron chi connectivity index (χ1n) is 9.73. The van der Waals surface area contributed by atoms with Crippen LogP contribution in [-0.4, -0.2) is 55.2 Å². The summed E-state index contributed by atoms with van der Waals surface area (Å²) < 4.78 is 40.5. The molecule has 1 aliphatic rings. The summed E-state index contributed by atoms with van der Waals surface area (Å²) >= 11 is 0. The first kappa shape index (κ1) is 22.5. The number of piperidine rings is 1. The lowest BCUT2D eigenvalue weighted by Gasteiger charge is -2.31. The third kappa shape index (κ3) is 5.49. The maximum absolute atomic E-state index is 13.6. The topological polar surface area (TPSA) is 40.6 Å². The van der Waals surface area contributed by atoms with Gasteiger partial charge in [0.05, 0.1) is 6.54 Å². The van der Waals surface area contributed by atoms with Gasteiger partial charge in [-0.25, -0.2) is 13.2 Å². The molecule has 1 aliphatic heterocycles. The lowest BCUT2D eigenvalue weighted by Crippen LogP contribution is -2.45. The number of rotatable bonds is 4. The molecule has 0 N–H and O–H groups in total.